The van der Waals surface area contributed by atoms with Crippen molar-refractivity contribution < 1.29 is 33.7 Å². The molecule has 0 spiro atoms. The summed E-state index contributed by atoms with van der Waals surface area (Å²) in [5.41, 5.74) is -0.888. The number of hydrogen-bond acceptors (Lipinski definition) is 0. The second kappa shape index (κ2) is 4.82. The molecule has 0 saturated heterocycles. The van der Waals surface area contributed by atoms with Crippen molar-refractivity contribution in [2.45, 2.75) is 37.8 Å². The fourth-order valence-electron chi connectivity index (χ4n) is 1.37. The first-order chi connectivity index (χ1) is 4.61. The first-order valence-electron chi connectivity index (χ1n) is 3.58. The normalized spacial score (nSPS) is 21.0. The molecule has 1 saturated carbocycles. The quantitative estimate of drug-likeness (QED) is 0.616. The predicted molar refractivity (Wildman–Crippen MR) is 37.1 cm³/mol. The predicted octanol–water partition coefficient (Wildman–Crippen LogP) is 3.99. The molecule has 0 radical (unpaired) electrons. The largest absolute Gasteiger partial charge is 0.572 e. The van der Waals surface area contributed by atoms with E-state index in [1.807, 2.05) is 0 Å². The molecule has 0 N–H and O–H groups in total. The maximum atomic E-state index is 12.1. The van der Waals surface area contributed by atoms with E-state index in [0.717, 1.165) is 19.3 Å². The van der Waals surface area contributed by atoms with Crippen molar-refractivity contribution >= 4 is 8.19 Å². The van der Waals surface area contributed by atoms with Crippen LogP contribution in [0.3, 0.4) is 0 Å². The molecule has 1 aliphatic rings. The Labute approximate surface area is 79.9 Å². The molecule has 0 aromatic rings. The summed E-state index contributed by atoms with van der Waals surface area (Å²) in [6.07, 6.45) is 3.36. The van der Waals surface area contributed by atoms with Gasteiger partial charge >= 0.3 is 8.19 Å². The fraction of sp³-hybridized carbons (Fsp3) is 1.00. The van der Waals surface area contributed by atoms with Gasteiger partial charge in [-0.25, -0.2) is 0 Å². The van der Waals surface area contributed by atoms with Crippen LogP contribution in [0.5, 0.6) is 0 Å². The number of hydrogen-bond donors (Lipinski definition) is 0. The van der Waals surface area contributed by atoms with Crippen molar-refractivity contribution in [3.05, 3.63) is 0 Å². The van der Waals surface area contributed by atoms with E-state index in [1.54, 1.807) is 0 Å². The van der Waals surface area contributed by atoms with Gasteiger partial charge in [0.15, 0.2) is 5.66 Å². The van der Waals surface area contributed by atoms with Gasteiger partial charge < -0.3 is 0 Å². The minimum Gasteiger partial charge on any atom is -0.0530 e. The van der Waals surface area contributed by atoms with Crippen LogP contribution in [0, 0.1) is 0 Å². The summed E-state index contributed by atoms with van der Waals surface area (Å²) in [4.78, 5) is 0. The fourth-order valence-corrected chi connectivity index (χ4v) is 2.32. The van der Waals surface area contributed by atoms with Gasteiger partial charge in [-0.05, 0) is 25.7 Å². The molecular formula is C6H11F3PPt+. The number of rotatable bonds is 1. The van der Waals surface area contributed by atoms with E-state index < -0.39 is 13.9 Å². The van der Waals surface area contributed by atoms with E-state index in [4.69, 9.17) is 0 Å². The molecule has 1 rings (SSSR count). The summed E-state index contributed by atoms with van der Waals surface area (Å²) in [6.45, 7) is 0. The minimum absolute atomic E-state index is 0. The topological polar surface area (TPSA) is 0 Å². The maximum absolute atomic E-state index is 12.1. The monoisotopic (exact) mass is 366 g/mol. The van der Waals surface area contributed by atoms with Crippen molar-refractivity contribution in [2.24, 2.45) is 0 Å². The van der Waals surface area contributed by atoms with E-state index in [1.165, 1.54) is 0 Å². The van der Waals surface area contributed by atoms with Gasteiger partial charge in [0.05, 0.1) is 0 Å². The Kier molecular flexibility index (Phi) is 5.22. The van der Waals surface area contributed by atoms with Crippen LogP contribution in [0.4, 0.5) is 12.6 Å². The van der Waals surface area contributed by atoms with Crippen LogP contribution in [0.15, 0.2) is 0 Å². The Balaban J connectivity index is 0.000001000. The molecule has 0 nitrogen and oxygen atoms in total. The van der Waals surface area contributed by atoms with Crippen LogP contribution in [0.2, 0.25) is 0 Å². The van der Waals surface area contributed by atoms with E-state index in [9.17, 15) is 12.6 Å². The third kappa shape index (κ3) is 3.89. The zero-order chi connectivity index (χ0) is 7.61. The second-order valence-corrected chi connectivity index (χ2v) is 4.48. The summed E-state index contributed by atoms with van der Waals surface area (Å²) >= 11 is 0. The molecule has 5 heteroatoms. The number of halogens is 3. The SMILES string of the molecule is F[P+](F)(F)C1CCCCC1.[Pt]. The van der Waals surface area contributed by atoms with Gasteiger partial charge in [0.2, 0.25) is 0 Å². The first kappa shape index (κ1) is 11.9. The minimum atomic E-state index is -4.99. The Morgan fingerprint density at radius 3 is 1.64 bits per heavy atom. The third-order valence-corrected chi connectivity index (χ3v) is 3.33. The van der Waals surface area contributed by atoms with Crippen molar-refractivity contribution in [1.82, 2.24) is 0 Å². The third-order valence-electron chi connectivity index (χ3n) is 1.99. The van der Waals surface area contributed by atoms with Gasteiger partial charge in [-0.1, -0.05) is 6.42 Å². The second-order valence-electron chi connectivity index (χ2n) is 2.78. The molecule has 11 heavy (non-hydrogen) atoms. The van der Waals surface area contributed by atoms with Gasteiger partial charge in [0.1, 0.15) is 0 Å². The molecule has 0 bridgehead atoms. The van der Waals surface area contributed by atoms with Crippen LogP contribution in [0.25, 0.3) is 0 Å². The van der Waals surface area contributed by atoms with Crippen LogP contribution >= 0.6 is 8.19 Å². The molecule has 0 unspecified atom stereocenters. The summed E-state index contributed by atoms with van der Waals surface area (Å²) in [6, 6.07) is 0. The molecule has 1 fully saturated rings. The van der Waals surface area contributed by atoms with Gasteiger partial charge in [-0.2, -0.15) is 0 Å². The van der Waals surface area contributed by atoms with Crippen molar-refractivity contribution in [3.8, 4) is 0 Å². The summed E-state index contributed by atoms with van der Waals surface area (Å²) in [5, 5.41) is 0. The molecule has 70 valence electrons. The van der Waals surface area contributed by atoms with E-state index in [-0.39, 0.29) is 21.1 Å². The summed E-state index contributed by atoms with van der Waals surface area (Å²) < 4.78 is 36.2. The molecular weight excluding hydrogens is 355 g/mol. The molecule has 0 heterocycles. The summed E-state index contributed by atoms with van der Waals surface area (Å²) in [5.74, 6) is 0. The van der Waals surface area contributed by atoms with Crippen LogP contribution in [-0.2, 0) is 21.1 Å². The Bertz CT molecular complexity index is 109. The van der Waals surface area contributed by atoms with E-state index in [2.05, 4.69) is 0 Å². The van der Waals surface area contributed by atoms with E-state index in [0.29, 0.717) is 12.8 Å². The average molecular weight is 366 g/mol. The summed E-state index contributed by atoms with van der Waals surface area (Å²) in [7, 11) is -4.99. The van der Waals surface area contributed by atoms with Crippen molar-refractivity contribution in [2.75, 3.05) is 0 Å². The first-order valence-corrected chi connectivity index (χ1v) is 5.11. The average Bonchev–Trinajstić information content (AvgIpc) is 1.88. The van der Waals surface area contributed by atoms with Crippen molar-refractivity contribution in [3.63, 3.8) is 0 Å². The van der Waals surface area contributed by atoms with Gasteiger partial charge in [-0.3, -0.25) is 0 Å². The van der Waals surface area contributed by atoms with Crippen LogP contribution < -0.4 is 0 Å². The van der Waals surface area contributed by atoms with Gasteiger partial charge in [0.25, 0.3) is 0 Å². The van der Waals surface area contributed by atoms with Gasteiger partial charge in [0, 0.05) is 33.7 Å². The Morgan fingerprint density at radius 2 is 1.36 bits per heavy atom. The zero-order valence-electron chi connectivity index (χ0n) is 6.01. The molecule has 0 aromatic carbocycles. The smallest absolute Gasteiger partial charge is 0.0530 e. The van der Waals surface area contributed by atoms with Crippen LogP contribution in [-0.4, -0.2) is 5.66 Å². The molecule has 0 aliphatic heterocycles. The standard InChI is InChI=1S/C6H11F3P.Pt/c7-10(8,9)6-4-2-1-3-5-6;/h6H,1-5H2;/q+1;. The maximum Gasteiger partial charge on any atom is 0.572 e. The molecule has 1 aliphatic carbocycles. The van der Waals surface area contributed by atoms with Gasteiger partial charge in [-0.15, -0.1) is 0 Å². The van der Waals surface area contributed by atoms with Crippen LogP contribution in [0.1, 0.15) is 32.1 Å². The Morgan fingerprint density at radius 1 is 0.909 bits per heavy atom. The van der Waals surface area contributed by atoms with E-state index >= 15 is 0 Å². The molecule has 0 aromatic heterocycles. The zero-order valence-corrected chi connectivity index (χ0v) is 9.18. The van der Waals surface area contributed by atoms with Crippen molar-refractivity contribution in [1.29, 1.82) is 0 Å². The molecule has 0 atom stereocenters. The molecule has 0 amide bonds. The Hall–Kier alpha value is 0.908.